The largest absolute Gasteiger partial charge is 0.386 e. The van der Waals surface area contributed by atoms with Crippen molar-refractivity contribution in [2.45, 2.75) is 39.4 Å². The van der Waals surface area contributed by atoms with Crippen LogP contribution in [0.25, 0.3) is 0 Å². The summed E-state index contributed by atoms with van der Waals surface area (Å²) in [7, 11) is 0. The number of hydrogen-bond donors (Lipinski definition) is 1. The molecule has 0 aliphatic heterocycles. The molecule has 1 aromatic rings. The van der Waals surface area contributed by atoms with E-state index in [9.17, 15) is 9.50 Å². The van der Waals surface area contributed by atoms with Crippen LogP contribution in [0.3, 0.4) is 0 Å². The second kappa shape index (κ2) is 5.97. The minimum absolute atomic E-state index is 0.272. The van der Waals surface area contributed by atoms with Crippen LogP contribution in [0.5, 0.6) is 0 Å². The van der Waals surface area contributed by atoms with Crippen molar-refractivity contribution in [3.63, 3.8) is 0 Å². The molecule has 0 aliphatic carbocycles. The van der Waals surface area contributed by atoms with Crippen LogP contribution in [-0.4, -0.2) is 17.8 Å². The van der Waals surface area contributed by atoms with Crippen LogP contribution in [-0.2, 0) is 4.74 Å². The van der Waals surface area contributed by atoms with Gasteiger partial charge < -0.3 is 9.84 Å². The van der Waals surface area contributed by atoms with E-state index >= 15 is 0 Å². The predicted molar refractivity (Wildman–Crippen MR) is 61.8 cm³/mol. The van der Waals surface area contributed by atoms with Crippen LogP contribution in [0.15, 0.2) is 18.2 Å². The Morgan fingerprint density at radius 1 is 1.31 bits per heavy atom. The molecule has 16 heavy (non-hydrogen) atoms. The summed E-state index contributed by atoms with van der Waals surface area (Å²) in [6.07, 6.45) is -0.338. The summed E-state index contributed by atoms with van der Waals surface area (Å²) in [6, 6.07) is 4.59. The lowest BCUT2D eigenvalue weighted by molar-refractivity contribution is -0.0357. The Morgan fingerprint density at radius 2 is 2.00 bits per heavy atom. The lowest BCUT2D eigenvalue weighted by atomic mass is 10.0. The van der Waals surface area contributed by atoms with Gasteiger partial charge >= 0.3 is 0 Å². The highest BCUT2D eigenvalue weighted by atomic mass is 19.1. The Hall–Kier alpha value is -0.930. The van der Waals surface area contributed by atoms with Crippen molar-refractivity contribution in [2.24, 2.45) is 0 Å². The van der Waals surface area contributed by atoms with E-state index in [0.717, 1.165) is 5.56 Å². The first kappa shape index (κ1) is 13.1. The molecular weight excluding hydrogens is 207 g/mol. The lowest BCUT2D eigenvalue weighted by Crippen LogP contribution is -2.21. The number of aliphatic hydroxyl groups excluding tert-OH is 1. The van der Waals surface area contributed by atoms with Crippen LogP contribution in [0.4, 0.5) is 4.39 Å². The van der Waals surface area contributed by atoms with Gasteiger partial charge in [-0.2, -0.15) is 0 Å². The minimum Gasteiger partial charge on any atom is -0.386 e. The van der Waals surface area contributed by atoms with Gasteiger partial charge in [0.05, 0.1) is 6.10 Å². The second-order valence-corrected chi connectivity index (χ2v) is 3.91. The molecule has 0 saturated carbocycles. The maximum absolute atomic E-state index is 13.2. The van der Waals surface area contributed by atoms with Gasteiger partial charge in [-0.1, -0.05) is 13.0 Å². The Morgan fingerprint density at radius 3 is 2.50 bits per heavy atom. The second-order valence-electron chi connectivity index (χ2n) is 3.91. The third-order valence-corrected chi connectivity index (χ3v) is 2.54. The van der Waals surface area contributed by atoms with Crippen molar-refractivity contribution in [3.8, 4) is 0 Å². The zero-order valence-corrected chi connectivity index (χ0v) is 10.0. The van der Waals surface area contributed by atoms with E-state index in [1.807, 2.05) is 13.8 Å². The fourth-order valence-corrected chi connectivity index (χ4v) is 1.80. The topological polar surface area (TPSA) is 29.5 Å². The molecule has 3 heteroatoms. The summed E-state index contributed by atoms with van der Waals surface area (Å²) < 4.78 is 18.6. The summed E-state index contributed by atoms with van der Waals surface area (Å²) in [6.45, 7) is 6.17. The quantitative estimate of drug-likeness (QED) is 0.836. The van der Waals surface area contributed by atoms with E-state index in [-0.39, 0.29) is 11.9 Å². The van der Waals surface area contributed by atoms with Crippen LogP contribution in [0.2, 0.25) is 0 Å². The van der Waals surface area contributed by atoms with Crippen LogP contribution >= 0.6 is 0 Å². The lowest BCUT2D eigenvalue weighted by Gasteiger charge is -2.22. The molecule has 0 fully saturated rings. The number of halogens is 1. The summed E-state index contributed by atoms with van der Waals surface area (Å²) in [5.74, 6) is -0.319. The van der Waals surface area contributed by atoms with Crippen LogP contribution < -0.4 is 0 Å². The zero-order chi connectivity index (χ0) is 12.1. The highest BCUT2D eigenvalue weighted by Crippen LogP contribution is 2.23. The molecule has 1 rings (SSSR count). The normalized spacial score (nSPS) is 14.8. The Kier molecular flexibility index (Phi) is 4.90. The van der Waals surface area contributed by atoms with Gasteiger partial charge in [-0.15, -0.1) is 0 Å². The number of benzene rings is 1. The number of aryl methyl sites for hydroxylation is 1. The molecule has 0 spiro atoms. The molecule has 2 atom stereocenters. The van der Waals surface area contributed by atoms with Crippen molar-refractivity contribution in [3.05, 3.63) is 35.1 Å². The van der Waals surface area contributed by atoms with Crippen LogP contribution in [0, 0.1) is 12.7 Å². The Labute approximate surface area is 96.1 Å². The minimum atomic E-state index is -0.764. The maximum Gasteiger partial charge on any atom is 0.123 e. The molecule has 2 nitrogen and oxygen atoms in total. The molecule has 90 valence electrons. The number of rotatable bonds is 5. The highest BCUT2D eigenvalue weighted by Gasteiger charge is 2.20. The Bertz CT molecular complexity index is 318. The van der Waals surface area contributed by atoms with E-state index in [4.69, 9.17) is 4.74 Å². The van der Waals surface area contributed by atoms with Crippen molar-refractivity contribution >= 4 is 0 Å². The van der Waals surface area contributed by atoms with Crippen molar-refractivity contribution < 1.29 is 14.2 Å². The molecule has 0 saturated heterocycles. The fourth-order valence-electron chi connectivity index (χ4n) is 1.80. The molecule has 0 radical (unpaired) electrons. The standard InChI is InChI=1S/C13H19FO2/c1-4-12(16-5-2)13(15)10-6-9(3)7-11(14)8-10/h6-8,12-13,15H,4-5H2,1-3H3. The molecule has 0 bridgehead atoms. The summed E-state index contributed by atoms with van der Waals surface area (Å²) in [4.78, 5) is 0. The predicted octanol–water partition coefficient (Wildman–Crippen LogP) is 2.98. The first-order valence-corrected chi connectivity index (χ1v) is 5.65. The molecule has 0 aliphatic rings. The van der Waals surface area contributed by atoms with Gasteiger partial charge in [0.15, 0.2) is 0 Å². The van der Waals surface area contributed by atoms with Gasteiger partial charge in [0.2, 0.25) is 0 Å². The summed E-state index contributed by atoms with van der Waals surface area (Å²) in [5, 5.41) is 10.1. The average molecular weight is 226 g/mol. The van der Waals surface area contributed by atoms with Gasteiger partial charge in [-0.25, -0.2) is 4.39 Å². The number of aliphatic hydroxyl groups is 1. The number of hydrogen-bond acceptors (Lipinski definition) is 2. The SMILES string of the molecule is CCOC(CC)C(O)c1cc(C)cc(F)c1. The van der Waals surface area contributed by atoms with Crippen LogP contribution in [0.1, 0.15) is 37.5 Å². The van der Waals surface area contributed by atoms with E-state index in [2.05, 4.69) is 0 Å². The van der Waals surface area contributed by atoms with Gasteiger partial charge in [-0.05, 0) is 43.5 Å². The zero-order valence-electron chi connectivity index (χ0n) is 10.0. The third kappa shape index (κ3) is 3.29. The molecule has 1 N–H and O–H groups in total. The fraction of sp³-hybridized carbons (Fsp3) is 0.538. The van der Waals surface area contributed by atoms with Crippen molar-refractivity contribution in [2.75, 3.05) is 6.61 Å². The number of ether oxygens (including phenoxy) is 1. The molecule has 0 heterocycles. The Balaban J connectivity index is 2.89. The first-order valence-electron chi connectivity index (χ1n) is 5.65. The van der Waals surface area contributed by atoms with E-state index < -0.39 is 6.10 Å². The average Bonchev–Trinajstić information content (AvgIpc) is 2.23. The molecule has 1 aromatic carbocycles. The van der Waals surface area contributed by atoms with Gasteiger partial charge in [0.25, 0.3) is 0 Å². The summed E-state index contributed by atoms with van der Waals surface area (Å²) in [5.41, 5.74) is 1.39. The van der Waals surface area contributed by atoms with Gasteiger partial charge in [-0.3, -0.25) is 0 Å². The van der Waals surface area contributed by atoms with Crippen molar-refractivity contribution in [1.29, 1.82) is 0 Å². The van der Waals surface area contributed by atoms with Gasteiger partial charge in [0.1, 0.15) is 11.9 Å². The molecule has 2 unspecified atom stereocenters. The van der Waals surface area contributed by atoms with E-state index in [1.54, 1.807) is 13.0 Å². The highest BCUT2D eigenvalue weighted by molar-refractivity contribution is 5.26. The van der Waals surface area contributed by atoms with E-state index in [1.165, 1.54) is 12.1 Å². The van der Waals surface area contributed by atoms with E-state index in [0.29, 0.717) is 18.6 Å². The molecule has 0 aromatic heterocycles. The third-order valence-electron chi connectivity index (χ3n) is 2.54. The monoisotopic (exact) mass is 226 g/mol. The first-order chi connectivity index (χ1) is 7.58. The smallest absolute Gasteiger partial charge is 0.123 e. The maximum atomic E-state index is 13.2. The van der Waals surface area contributed by atoms with Gasteiger partial charge in [0, 0.05) is 6.61 Å². The molecular formula is C13H19FO2. The molecule has 0 amide bonds. The summed E-state index contributed by atoms with van der Waals surface area (Å²) >= 11 is 0. The van der Waals surface area contributed by atoms with Crippen molar-refractivity contribution in [1.82, 2.24) is 0 Å².